The van der Waals surface area contributed by atoms with Gasteiger partial charge >= 0.3 is 0 Å². The lowest BCUT2D eigenvalue weighted by molar-refractivity contribution is 0.330. The molecule has 1 saturated carbocycles. The van der Waals surface area contributed by atoms with Gasteiger partial charge in [-0.05, 0) is 188 Å². The second-order valence-electron chi connectivity index (χ2n) is 28.0. The highest BCUT2D eigenvalue weighted by Gasteiger charge is 2.60. The third-order valence-electron chi connectivity index (χ3n) is 19.3. The molecular weight excluding hydrogens is 908 g/mol. The molecule has 3 aliphatic heterocycles. The van der Waals surface area contributed by atoms with Gasteiger partial charge in [-0.2, -0.15) is 5.26 Å². The summed E-state index contributed by atoms with van der Waals surface area (Å²) in [4.78, 5) is 8.01. The molecule has 7 aromatic rings. The molecule has 75 heavy (non-hydrogen) atoms. The second-order valence-corrected chi connectivity index (χ2v) is 28.0. The van der Waals surface area contributed by atoms with Crippen LogP contribution in [0.2, 0.25) is 0 Å². The fraction of sp³-hybridized carbons (Fsp3) is 0.386. The summed E-state index contributed by atoms with van der Waals surface area (Å²) in [5.41, 5.74) is 24.8. The highest BCUT2D eigenvalue weighted by atomic mass is 15.3. The third kappa shape index (κ3) is 7.35. The van der Waals surface area contributed by atoms with E-state index in [1.54, 1.807) is 0 Å². The minimum absolute atomic E-state index is 0.00284. The van der Waals surface area contributed by atoms with E-state index < -0.39 is 0 Å². The fourth-order valence-electron chi connectivity index (χ4n) is 14.4. The van der Waals surface area contributed by atoms with Crippen molar-refractivity contribution < 1.29 is 0 Å². The van der Waals surface area contributed by atoms with Crippen LogP contribution in [0, 0.1) is 11.3 Å². The van der Waals surface area contributed by atoms with Crippen LogP contribution in [0.1, 0.15) is 175 Å². The maximum Gasteiger partial charge on any atom is 0.252 e. The summed E-state index contributed by atoms with van der Waals surface area (Å²) >= 11 is 0. The Morgan fingerprint density at radius 3 is 1.69 bits per heavy atom. The Hall–Kier alpha value is -6.51. The average molecular weight is 985 g/mol. The predicted molar refractivity (Wildman–Crippen MR) is 320 cm³/mol. The molecule has 12 rings (SSSR count). The molecule has 0 spiro atoms. The van der Waals surface area contributed by atoms with E-state index in [2.05, 4.69) is 252 Å². The van der Waals surface area contributed by atoms with Crippen LogP contribution < -0.4 is 31.1 Å². The number of nitriles is 1. The van der Waals surface area contributed by atoms with E-state index in [9.17, 15) is 5.26 Å². The Morgan fingerprint density at radius 2 is 1.05 bits per heavy atom. The summed E-state index contributed by atoms with van der Waals surface area (Å²) in [5.74, 6) is 0. The lowest BCUT2D eigenvalue weighted by Crippen LogP contribution is -2.62. The lowest BCUT2D eigenvalue weighted by atomic mass is 9.33. The van der Waals surface area contributed by atoms with Gasteiger partial charge in [0, 0.05) is 50.8 Å². The molecule has 5 heteroatoms. The molecule has 0 N–H and O–H groups in total. The van der Waals surface area contributed by atoms with E-state index in [1.807, 2.05) is 6.07 Å². The first-order chi connectivity index (χ1) is 35.2. The van der Waals surface area contributed by atoms with Gasteiger partial charge in [-0.25, -0.2) is 0 Å². The van der Waals surface area contributed by atoms with Crippen molar-refractivity contribution in [2.75, 3.05) is 14.7 Å². The molecule has 4 nitrogen and oxygen atoms in total. The highest BCUT2D eigenvalue weighted by Crippen LogP contribution is 2.63. The van der Waals surface area contributed by atoms with Crippen LogP contribution in [0.3, 0.4) is 0 Å². The Bertz CT molecular complexity index is 3540. The van der Waals surface area contributed by atoms with Crippen molar-refractivity contribution in [3.05, 3.63) is 172 Å². The quantitative estimate of drug-likeness (QED) is 0.165. The zero-order valence-corrected chi connectivity index (χ0v) is 47.6. The normalized spacial score (nSPS) is 20.9. The molecule has 0 radical (unpaired) electrons. The van der Waals surface area contributed by atoms with Gasteiger partial charge in [0.25, 0.3) is 6.71 Å². The van der Waals surface area contributed by atoms with Gasteiger partial charge in [0.15, 0.2) is 0 Å². The lowest BCUT2D eigenvalue weighted by Gasteiger charge is -2.48. The summed E-state index contributed by atoms with van der Waals surface area (Å²) in [5, 5.41) is 10.2. The standard InChI is InChI=1S/C70H77BN4/c1-64(2,3)46-23-26-49(27-24-46)73-59-40-50(75-58-30-22-44(43-72)36-54(58)69(14)32-19-33-70(69,75)15)28-29-55(59)71-56-41-52-53(68(12,13)35-34-67(52,10)11)42-60(56)74(62-39-48(66(7,8)9)38-61(73)63(62)71)57-31-25-47(65(4,5)6)37-51(57)45-20-17-16-18-21-45/h16-18,20-31,36-42H,19,32-35H2,1-15H3. The van der Waals surface area contributed by atoms with E-state index in [4.69, 9.17) is 0 Å². The fourth-order valence-corrected chi connectivity index (χ4v) is 14.4. The smallest absolute Gasteiger partial charge is 0.252 e. The van der Waals surface area contributed by atoms with E-state index in [-0.39, 0.29) is 44.7 Å². The molecular formula is C70H77BN4. The Labute approximate surface area is 449 Å². The Morgan fingerprint density at radius 1 is 0.467 bits per heavy atom. The highest BCUT2D eigenvalue weighted by molar-refractivity contribution is 7.00. The second kappa shape index (κ2) is 16.3. The molecule has 0 bridgehead atoms. The molecule has 2 unspecified atom stereocenters. The maximum absolute atomic E-state index is 10.2. The third-order valence-corrected chi connectivity index (χ3v) is 19.3. The van der Waals surface area contributed by atoms with Crippen molar-refractivity contribution in [1.82, 2.24) is 0 Å². The summed E-state index contributed by atoms with van der Waals surface area (Å²) in [6.45, 7) is 35.9. The zero-order valence-electron chi connectivity index (χ0n) is 47.6. The zero-order chi connectivity index (χ0) is 53.2. The molecule has 5 aliphatic rings. The molecule has 2 aliphatic carbocycles. The number of rotatable bonds is 4. The van der Waals surface area contributed by atoms with Crippen molar-refractivity contribution >= 4 is 68.6 Å². The molecule has 3 heterocycles. The van der Waals surface area contributed by atoms with Gasteiger partial charge in [0.2, 0.25) is 0 Å². The number of fused-ring (bicyclic) bond motifs is 8. The van der Waals surface area contributed by atoms with Crippen molar-refractivity contribution in [2.45, 2.75) is 174 Å². The van der Waals surface area contributed by atoms with Gasteiger partial charge in [0.1, 0.15) is 0 Å². The molecule has 0 amide bonds. The van der Waals surface area contributed by atoms with E-state index in [0.29, 0.717) is 0 Å². The van der Waals surface area contributed by atoms with Crippen LogP contribution in [0.25, 0.3) is 11.1 Å². The summed E-state index contributed by atoms with van der Waals surface area (Å²) < 4.78 is 0. The van der Waals surface area contributed by atoms with Gasteiger partial charge < -0.3 is 14.7 Å². The summed E-state index contributed by atoms with van der Waals surface area (Å²) in [6, 6.07) is 54.8. The number of hydrogen-bond donors (Lipinski definition) is 0. The number of anilines is 8. The van der Waals surface area contributed by atoms with E-state index >= 15 is 0 Å². The molecule has 7 aromatic carbocycles. The SMILES string of the molecule is CC(C)(C)c1ccc(N2c3cc(N4c5ccc(C#N)cc5C5(C)CCCC45C)ccc3B3c4cc5c(cc4N(c4ccc(C(C)(C)C)cc4-c4ccccc4)c4cc(C(C)(C)C)cc2c43)C(C)(C)CCC5(C)C)cc1. The molecule has 0 saturated heterocycles. The first-order valence-corrected chi connectivity index (χ1v) is 28.0. The van der Waals surface area contributed by atoms with Crippen molar-refractivity contribution in [3.63, 3.8) is 0 Å². The largest absolute Gasteiger partial charge is 0.334 e. The van der Waals surface area contributed by atoms with Gasteiger partial charge in [-0.1, -0.05) is 164 Å². The van der Waals surface area contributed by atoms with E-state index in [1.165, 1.54) is 101 Å². The molecule has 380 valence electrons. The Balaban J connectivity index is 1.20. The average Bonchev–Trinajstić information content (AvgIpc) is 3.84. The van der Waals surface area contributed by atoms with Crippen LogP contribution >= 0.6 is 0 Å². The van der Waals surface area contributed by atoms with Crippen LogP contribution in [-0.4, -0.2) is 12.3 Å². The first-order valence-electron chi connectivity index (χ1n) is 28.0. The number of hydrogen-bond acceptors (Lipinski definition) is 4. The molecule has 2 atom stereocenters. The summed E-state index contributed by atoms with van der Waals surface area (Å²) in [7, 11) is 0. The number of nitrogens with zero attached hydrogens (tertiary/aromatic N) is 4. The van der Waals surface area contributed by atoms with Crippen molar-refractivity contribution in [1.29, 1.82) is 5.26 Å². The number of benzene rings is 7. The molecule has 1 fully saturated rings. The monoisotopic (exact) mass is 985 g/mol. The van der Waals surface area contributed by atoms with E-state index in [0.717, 1.165) is 43.4 Å². The van der Waals surface area contributed by atoms with Gasteiger partial charge in [-0.15, -0.1) is 0 Å². The minimum atomic E-state index is -0.167. The maximum atomic E-state index is 10.2. The van der Waals surface area contributed by atoms with Crippen LogP contribution in [0.5, 0.6) is 0 Å². The minimum Gasteiger partial charge on any atom is -0.334 e. The van der Waals surface area contributed by atoms with Gasteiger partial charge in [-0.3, -0.25) is 0 Å². The predicted octanol–water partition coefficient (Wildman–Crippen LogP) is 16.9. The Kier molecular flexibility index (Phi) is 10.7. The van der Waals surface area contributed by atoms with Crippen molar-refractivity contribution in [3.8, 4) is 17.2 Å². The van der Waals surface area contributed by atoms with Crippen LogP contribution in [0.4, 0.5) is 45.5 Å². The van der Waals surface area contributed by atoms with Gasteiger partial charge in [0.05, 0.1) is 22.9 Å². The van der Waals surface area contributed by atoms with Crippen LogP contribution in [-0.2, 0) is 32.5 Å². The molecule has 0 aromatic heterocycles. The summed E-state index contributed by atoms with van der Waals surface area (Å²) in [6.07, 6.45) is 5.63. The van der Waals surface area contributed by atoms with Crippen molar-refractivity contribution in [2.24, 2.45) is 0 Å². The van der Waals surface area contributed by atoms with Crippen LogP contribution in [0.15, 0.2) is 133 Å². The first kappa shape index (κ1) is 49.4. The topological polar surface area (TPSA) is 33.5 Å².